The zero-order valence-corrected chi connectivity index (χ0v) is 20.6. The van der Waals surface area contributed by atoms with Crippen molar-refractivity contribution in [3.05, 3.63) is 90.0 Å². The average Bonchev–Trinajstić information content (AvgIpc) is 3.38. The third kappa shape index (κ3) is 5.91. The van der Waals surface area contributed by atoms with Gasteiger partial charge in [-0.25, -0.2) is 0 Å². The number of nitrogens with zero attached hydrogens (tertiary/aromatic N) is 2. The van der Waals surface area contributed by atoms with Crippen LogP contribution >= 0.6 is 0 Å². The summed E-state index contributed by atoms with van der Waals surface area (Å²) in [5.74, 6) is 0.212. The van der Waals surface area contributed by atoms with Crippen LogP contribution in [0.3, 0.4) is 0 Å². The first kappa shape index (κ1) is 24.4. The van der Waals surface area contributed by atoms with Crippen LogP contribution in [-0.2, 0) is 16.0 Å². The molecule has 2 N–H and O–H groups in total. The van der Waals surface area contributed by atoms with Crippen molar-refractivity contribution in [1.82, 2.24) is 10.2 Å². The van der Waals surface area contributed by atoms with Crippen molar-refractivity contribution in [1.29, 1.82) is 0 Å². The number of ether oxygens (including phenoxy) is 1. The fourth-order valence-electron chi connectivity index (χ4n) is 4.69. The molecule has 0 radical (unpaired) electrons. The number of hydrogen-bond acceptors (Lipinski definition) is 5. The Balaban J connectivity index is 1.06. The summed E-state index contributed by atoms with van der Waals surface area (Å²) in [6, 6.07) is 24.5. The van der Waals surface area contributed by atoms with E-state index in [-0.39, 0.29) is 30.7 Å². The molecule has 0 aliphatic carbocycles. The molecule has 37 heavy (non-hydrogen) atoms. The Bertz CT molecular complexity index is 1250. The van der Waals surface area contributed by atoms with Gasteiger partial charge < -0.3 is 25.2 Å². The van der Waals surface area contributed by atoms with Crippen LogP contribution in [0.5, 0.6) is 5.75 Å². The predicted molar refractivity (Wildman–Crippen MR) is 142 cm³/mol. The highest BCUT2D eigenvalue weighted by Gasteiger charge is 2.29. The second kappa shape index (κ2) is 11.2. The number of nitrogens with one attached hydrogen (secondary N) is 2. The molecule has 0 bridgehead atoms. The number of fused-ring (bicyclic) bond motifs is 1. The molecule has 3 aromatic rings. The molecule has 3 aromatic carbocycles. The molecule has 5 rings (SSSR count). The number of piperazine rings is 1. The highest BCUT2D eigenvalue weighted by atomic mass is 16.5. The van der Waals surface area contributed by atoms with Gasteiger partial charge in [0.1, 0.15) is 5.75 Å². The van der Waals surface area contributed by atoms with Crippen molar-refractivity contribution in [3.63, 3.8) is 0 Å². The molecule has 1 saturated heterocycles. The quantitative estimate of drug-likeness (QED) is 0.523. The van der Waals surface area contributed by atoms with Crippen LogP contribution < -0.4 is 20.3 Å². The van der Waals surface area contributed by atoms with E-state index in [4.69, 9.17) is 4.74 Å². The standard InChI is InChI=1S/C29H30N4O4/c34-27(33-17-15-32(16-18-33)24-10-2-1-3-11-24)13-14-30-28(35)22-8-6-9-23(19-22)31-29(36)26-20-21-7-4-5-12-25(21)37-26/h1-12,19,26H,13-18,20H2,(H,30,35)(H,31,36). The Morgan fingerprint density at radius 2 is 1.62 bits per heavy atom. The molecule has 1 fully saturated rings. The van der Waals surface area contributed by atoms with Crippen LogP contribution in [0.4, 0.5) is 11.4 Å². The lowest BCUT2D eigenvalue weighted by Gasteiger charge is -2.36. The Morgan fingerprint density at radius 3 is 2.41 bits per heavy atom. The number of para-hydroxylation sites is 2. The van der Waals surface area contributed by atoms with E-state index in [0.29, 0.717) is 30.8 Å². The molecule has 8 heteroatoms. The summed E-state index contributed by atoms with van der Waals surface area (Å²) in [4.78, 5) is 42.1. The number of rotatable bonds is 7. The van der Waals surface area contributed by atoms with Crippen LogP contribution in [0.1, 0.15) is 22.3 Å². The summed E-state index contributed by atoms with van der Waals surface area (Å²) in [7, 11) is 0. The molecule has 2 heterocycles. The van der Waals surface area contributed by atoms with Crippen LogP contribution in [-0.4, -0.2) is 61.4 Å². The van der Waals surface area contributed by atoms with Gasteiger partial charge in [-0.15, -0.1) is 0 Å². The molecule has 0 aromatic heterocycles. The number of hydrogen-bond donors (Lipinski definition) is 2. The minimum absolute atomic E-state index is 0.0339. The molecule has 3 amide bonds. The van der Waals surface area contributed by atoms with Gasteiger partial charge in [0, 0.05) is 62.5 Å². The maximum Gasteiger partial charge on any atom is 0.265 e. The monoisotopic (exact) mass is 498 g/mol. The second-order valence-corrected chi connectivity index (χ2v) is 9.20. The van der Waals surface area contributed by atoms with E-state index in [1.807, 2.05) is 47.4 Å². The van der Waals surface area contributed by atoms with Crippen molar-refractivity contribution in [2.75, 3.05) is 42.9 Å². The van der Waals surface area contributed by atoms with E-state index in [9.17, 15) is 14.4 Å². The fourth-order valence-corrected chi connectivity index (χ4v) is 4.69. The lowest BCUT2D eigenvalue weighted by Crippen LogP contribution is -2.49. The number of anilines is 2. The van der Waals surface area contributed by atoms with Gasteiger partial charge in [0.2, 0.25) is 5.91 Å². The summed E-state index contributed by atoms with van der Waals surface area (Å²) in [6.45, 7) is 3.16. The van der Waals surface area contributed by atoms with E-state index >= 15 is 0 Å². The first-order chi connectivity index (χ1) is 18.1. The molecular weight excluding hydrogens is 468 g/mol. The summed E-state index contributed by atoms with van der Waals surface area (Å²) in [6.07, 6.45) is 0.153. The molecule has 1 atom stereocenters. The van der Waals surface area contributed by atoms with E-state index < -0.39 is 6.10 Å². The van der Waals surface area contributed by atoms with E-state index in [1.54, 1.807) is 24.3 Å². The molecule has 2 aliphatic rings. The Labute approximate surface area is 216 Å². The fraction of sp³-hybridized carbons (Fsp3) is 0.276. The maximum atomic E-state index is 12.7. The summed E-state index contributed by atoms with van der Waals surface area (Å²) < 4.78 is 5.74. The number of benzene rings is 3. The van der Waals surface area contributed by atoms with Gasteiger partial charge >= 0.3 is 0 Å². The highest BCUT2D eigenvalue weighted by Crippen LogP contribution is 2.28. The van der Waals surface area contributed by atoms with Crippen LogP contribution in [0.25, 0.3) is 0 Å². The average molecular weight is 499 g/mol. The zero-order chi connectivity index (χ0) is 25.6. The molecule has 1 unspecified atom stereocenters. The van der Waals surface area contributed by atoms with Gasteiger partial charge in [0.15, 0.2) is 6.10 Å². The molecule has 0 spiro atoms. The molecular formula is C29H30N4O4. The van der Waals surface area contributed by atoms with Crippen LogP contribution in [0, 0.1) is 0 Å². The number of carbonyl (C=O) groups excluding carboxylic acids is 3. The molecule has 190 valence electrons. The Morgan fingerprint density at radius 1 is 0.865 bits per heavy atom. The van der Waals surface area contributed by atoms with Gasteiger partial charge in [-0.05, 0) is 42.0 Å². The minimum Gasteiger partial charge on any atom is -0.480 e. The van der Waals surface area contributed by atoms with Crippen LogP contribution in [0.15, 0.2) is 78.9 Å². The maximum absolute atomic E-state index is 12.7. The Kier molecular flexibility index (Phi) is 7.35. The van der Waals surface area contributed by atoms with Crippen molar-refractivity contribution >= 4 is 29.1 Å². The number of carbonyl (C=O) groups is 3. The van der Waals surface area contributed by atoms with E-state index in [1.165, 1.54) is 5.69 Å². The van der Waals surface area contributed by atoms with E-state index in [0.717, 1.165) is 24.4 Å². The molecule has 2 aliphatic heterocycles. The summed E-state index contributed by atoms with van der Waals surface area (Å²) in [5.41, 5.74) is 3.10. The largest absolute Gasteiger partial charge is 0.480 e. The van der Waals surface area contributed by atoms with E-state index in [2.05, 4.69) is 27.7 Å². The van der Waals surface area contributed by atoms with Crippen molar-refractivity contribution < 1.29 is 19.1 Å². The normalized spacial score (nSPS) is 16.5. The van der Waals surface area contributed by atoms with Gasteiger partial charge in [-0.1, -0.05) is 42.5 Å². The van der Waals surface area contributed by atoms with Gasteiger partial charge in [0.05, 0.1) is 0 Å². The predicted octanol–water partition coefficient (Wildman–Crippen LogP) is 3.10. The van der Waals surface area contributed by atoms with Crippen LogP contribution in [0.2, 0.25) is 0 Å². The van der Waals surface area contributed by atoms with Crippen molar-refractivity contribution in [2.24, 2.45) is 0 Å². The SMILES string of the molecule is O=C(NCCC(=O)N1CCN(c2ccccc2)CC1)c1cccc(NC(=O)C2Cc3ccccc3O2)c1. The highest BCUT2D eigenvalue weighted by molar-refractivity contribution is 5.98. The third-order valence-corrected chi connectivity index (χ3v) is 6.71. The van der Waals surface area contributed by atoms with Gasteiger partial charge in [-0.2, -0.15) is 0 Å². The van der Waals surface area contributed by atoms with Gasteiger partial charge in [-0.3, -0.25) is 14.4 Å². The third-order valence-electron chi connectivity index (χ3n) is 6.71. The number of amides is 3. The molecule has 0 saturated carbocycles. The lowest BCUT2D eigenvalue weighted by atomic mass is 10.1. The topological polar surface area (TPSA) is 91.0 Å². The summed E-state index contributed by atoms with van der Waals surface area (Å²) in [5, 5.41) is 5.65. The first-order valence-corrected chi connectivity index (χ1v) is 12.6. The minimum atomic E-state index is -0.601. The second-order valence-electron chi connectivity index (χ2n) is 9.20. The smallest absolute Gasteiger partial charge is 0.265 e. The lowest BCUT2D eigenvalue weighted by molar-refractivity contribution is -0.131. The zero-order valence-electron chi connectivity index (χ0n) is 20.6. The molecule has 8 nitrogen and oxygen atoms in total. The van der Waals surface area contributed by atoms with Crippen molar-refractivity contribution in [2.45, 2.75) is 18.9 Å². The van der Waals surface area contributed by atoms with Crippen molar-refractivity contribution in [3.8, 4) is 5.75 Å². The Hall–Kier alpha value is -4.33. The summed E-state index contributed by atoms with van der Waals surface area (Å²) >= 11 is 0. The van der Waals surface area contributed by atoms with Gasteiger partial charge in [0.25, 0.3) is 11.8 Å². The first-order valence-electron chi connectivity index (χ1n) is 12.6.